The SMILES string of the molecule is Cc1ccc(-n2nc(CNC(=O)OC(C)(C)C)c3c(-c4cnn(C(F)F)c4)ccnc32)cc1. The summed E-state index contributed by atoms with van der Waals surface area (Å²) in [7, 11) is 0. The molecule has 0 unspecified atom stereocenters. The molecule has 33 heavy (non-hydrogen) atoms. The van der Waals surface area contributed by atoms with E-state index in [1.165, 1.54) is 12.4 Å². The Morgan fingerprint density at radius 2 is 1.91 bits per heavy atom. The van der Waals surface area contributed by atoms with E-state index in [0.29, 0.717) is 32.5 Å². The van der Waals surface area contributed by atoms with Gasteiger partial charge in [-0.15, -0.1) is 0 Å². The van der Waals surface area contributed by atoms with Crippen molar-refractivity contribution in [1.29, 1.82) is 0 Å². The number of nitrogens with zero attached hydrogens (tertiary/aromatic N) is 5. The predicted molar refractivity (Wildman–Crippen MR) is 119 cm³/mol. The first-order valence-corrected chi connectivity index (χ1v) is 10.4. The van der Waals surface area contributed by atoms with E-state index >= 15 is 0 Å². The molecule has 10 heteroatoms. The van der Waals surface area contributed by atoms with E-state index in [4.69, 9.17) is 9.84 Å². The van der Waals surface area contributed by atoms with Crippen molar-refractivity contribution in [3.05, 3.63) is 60.2 Å². The third-order valence-corrected chi connectivity index (χ3v) is 4.83. The number of alkyl carbamates (subject to hydrolysis) is 1. The van der Waals surface area contributed by atoms with Crippen LogP contribution in [-0.2, 0) is 11.3 Å². The number of alkyl halides is 2. The van der Waals surface area contributed by atoms with Crippen molar-refractivity contribution in [2.45, 2.75) is 46.4 Å². The number of amides is 1. The maximum absolute atomic E-state index is 13.1. The molecule has 4 aromatic rings. The number of hydrogen-bond acceptors (Lipinski definition) is 5. The van der Waals surface area contributed by atoms with Crippen molar-refractivity contribution >= 4 is 17.1 Å². The lowest BCUT2D eigenvalue weighted by Gasteiger charge is -2.19. The number of halogens is 2. The van der Waals surface area contributed by atoms with E-state index < -0.39 is 18.2 Å². The molecule has 0 aliphatic rings. The number of aryl methyl sites for hydroxylation is 1. The van der Waals surface area contributed by atoms with Crippen LogP contribution >= 0.6 is 0 Å². The van der Waals surface area contributed by atoms with Crippen molar-refractivity contribution in [3.8, 4) is 16.8 Å². The third kappa shape index (κ3) is 4.84. The molecule has 3 heterocycles. The zero-order valence-corrected chi connectivity index (χ0v) is 18.7. The summed E-state index contributed by atoms with van der Waals surface area (Å²) in [6.07, 6.45) is 3.65. The zero-order chi connectivity index (χ0) is 23.8. The van der Waals surface area contributed by atoms with Crippen LogP contribution in [0, 0.1) is 6.92 Å². The second kappa shape index (κ2) is 8.61. The molecule has 0 spiro atoms. The highest BCUT2D eigenvalue weighted by Crippen LogP contribution is 2.32. The zero-order valence-electron chi connectivity index (χ0n) is 18.7. The molecule has 0 bridgehead atoms. The molecule has 8 nitrogen and oxygen atoms in total. The van der Waals surface area contributed by atoms with Crippen LogP contribution in [0.5, 0.6) is 0 Å². The van der Waals surface area contributed by atoms with E-state index in [1.807, 2.05) is 31.2 Å². The number of benzene rings is 1. The quantitative estimate of drug-likeness (QED) is 0.458. The van der Waals surface area contributed by atoms with Gasteiger partial charge in [0.25, 0.3) is 0 Å². The lowest BCUT2D eigenvalue weighted by molar-refractivity contribution is 0.0522. The Labute approximate surface area is 189 Å². The summed E-state index contributed by atoms with van der Waals surface area (Å²) in [5.41, 5.74) is 3.39. The summed E-state index contributed by atoms with van der Waals surface area (Å²) < 4.78 is 33.8. The van der Waals surface area contributed by atoms with Crippen LogP contribution in [0.2, 0.25) is 0 Å². The minimum atomic E-state index is -2.75. The largest absolute Gasteiger partial charge is 0.444 e. The Hall–Kier alpha value is -3.82. The molecule has 0 radical (unpaired) electrons. The average molecular weight is 454 g/mol. The molecule has 0 saturated heterocycles. The van der Waals surface area contributed by atoms with Crippen LogP contribution < -0.4 is 5.32 Å². The Morgan fingerprint density at radius 3 is 2.55 bits per heavy atom. The minimum Gasteiger partial charge on any atom is -0.444 e. The lowest BCUT2D eigenvalue weighted by Crippen LogP contribution is -2.32. The number of fused-ring (bicyclic) bond motifs is 1. The van der Waals surface area contributed by atoms with Crippen LogP contribution in [-0.4, -0.2) is 36.2 Å². The second-order valence-electron chi connectivity index (χ2n) is 8.59. The number of carbonyl (C=O) groups is 1. The average Bonchev–Trinajstić information content (AvgIpc) is 3.37. The molecule has 3 aromatic heterocycles. The summed E-state index contributed by atoms with van der Waals surface area (Å²) in [6.45, 7) is 4.62. The molecule has 0 atom stereocenters. The molecule has 0 aliphatic carbocycles. The van der Waals surface area contributed by atoms with Crippen LogP contribution in [0.4, 0.5) is 13.6 Å². The number of ether oxygens (including phenoxy) is 1. The fourth-order valence-corrected chi connectivity index (χ4v) is 3.40. The van der Waals surface area contributed by atoms with Gasteiger partial charge < -0.3 is 10.1 Å². The lowest BCUT2D eigenvalue weighted by atomic mass is 10.1. The van der Waals surface area contributed by atoms with Crippen molar-refractivity contribution in [2.75, 3.05) is 0 Å². The summed E-state index contributed by atoms with van der Waals surface area (Å²) in [4.78, 5) is 16.7. The van der Waals surface area contributed by atoms with Gasteiger partial charge in [0.15, 0.2) is 5.65 Å². The summed E-state index contributed by atoms with van der Waals surface area (Å²) >= 11 is 0. The van der Waals surface area contributed by atoms with E-state index in [2.05, 4.69) is 15.4 Å². The highest BCUT2D eigenvalue weighted by atomic mass is 19.3. The van der Waals surface area contributed by atoms with E-state index in [1.54, 1.807) is 37.7 Å². The standard InChI is InChI=1S/C23H24F2N6O2/c1-14-5-7-16(8-6-14)31-20-19(18(29-31)12-27-22(32)33-23(2,3)4)17(9-10-26-20)15-11-28-30(13-15)21(24)25/h5-11,13,21H,12H2,1-4H3,(H,27,32). The van der Waals surface area contributed by atoms with Crippen LogP contribution in [0.25, 0.3) is 27.8 Å². The first-order valence-electron chi connectivity index (χ1n) is 10.4. The van der Waals surface area contributed by atoms with E-state index in [0.717, 1.165) is 11.3 Å². The summed E-state index contributed by atoms with van der Waals surface area (Å²) in [6, 6.07) is 9.45. The Bertz CT molecular complexity index is 1290. The molecule has 0 saturated carbocycles. The van der Waals surface area contributed by atoms with Gasteiger partial charge in [0.05, 0.1) is 29.5 Å². The number of hydrogen-bond donors (Lipinski definition) is 1. The van der Waals surface area contributed by atoms with Gasteiger partial charge in [-0.3, -0.25) is 0 Å². The molecular formula is C23H24F2N6O2. The normalized spacial score (nSPS) is 11.8. The van der Waals surface area contributed by atoms with Gasteiger partial charge in [0.2, 0.25) is 0 Å². The van der Waals surface area contributed by atoms with Crippen molar-refractivity contribution in [2.24, 2.45) is 0 Å². The molecule has 4 rings (SSSR count). The smallest absolute Gasteiger partial charge is 0.407 e. The summed E-state index contributed by atoms with van der Waals surface area (Å²) in [5, 5.41) is 11.8. The predicted octanol–water partition coefficient (Wildman–Crippen LogP) is 5.01. The Balaban J connectivity index is 1.81. The van der Waals surface area contributed by atoms with Gasteiger partial charge >= 0.3 is 12.6 Å². The topological polar surface area (TPSA) is 86.9 Å². The maximum atomic E-state index is 13.1. The number of pyridine rings is 1. The molecule has 0 fully saturated rings. The van der Waals surface area contributed by atoms with E-state index in [-0.39, 0.29) is 6.54 Å². The fourth-order valence-electron chi connectivity index (χ4n) is 3.40. The van der Waals surface area contributed by atoms with Crippen LogP contribution in [0.3, 0.4) is 0 Å². The number of carbonyl (C=O) groups excluding carboxylic acids is 1. The first kappa shape index (κ1) is 22.4. The van der Waals surface area contributed by atoms with Gasteiger partial charge in [-0.05, 0) is 51.5 Å². The minimum absolute atomic E-state index is 0.0615. The maximum Gasteiger partial charge on any atom is 0.407 e. The number of rotatable bonds is 5. The van der Waals surface area contributed by atoms with Gasteiger partial charge in [0, 0.05) is 18.0 Å². The van der Waals surface area contributed by atoms with Gasteiger partial charge in [-0.25, -0.2) is 19.1 Å². The third-order valence-electron chi connectivity index (χ3n) is 4.83. The van der Waals surface area contributed by atoms with Gasteiger partial charge in [0.1, 0.15) is 5.60 Å². The Kier molecular flexibility index (Phi) is 5.84. The van der Waals surface area contributed by atoms with Gasteiger partial charge in [-0.1, -0.05) is 17.7 Å². The molecule has 1 amide bonds. The molecule has 1 N–H and O–H groups in total. The first-order chi connectivity index (χ1) is 15.6. The Morgan fingerprint density at radius 1 is 1.18 bits per heavy atom. The highest BCUT2D eigenvalue weighted by molar-refractivity contribution is 5.95. The number of nitrogens with one attached hydrogen (secondary N) is 1. The second-order valence-corrected chi connectivity index (χ2v) is 8.59. The summed E-state index contributed by atoms with van der Waals surface area (Å²) in [5.74, 6) is 0. The highest BCUT2D eigenvalue weighted by Gasteiger charge is 2.21. The molecule has 172 valence electrons. The van der Waals surface area contributed by atoms with Crippen LogP contribution in [0.15, 0.2) is 48.9 Å². The van der Waals surface area contributed by atoms with Gasteiger partial charge in [-0.2, -0.15) is 19.0 Å². The monoisotopic (exact) mass is 454 g/mol. The van der Waals surface area contributed by atoms with Crippen molar-refractivity contribution < 1.29 is 18.3 Å². The number of aromatic nitrogens is 5. The van der Waals surface area contributed by atoms with Crippen molar-refractivity contribution in [1.82, 2.24) is 29.9 Å². The van der Waals surface area contributed by atoms with Crippen molar-refractivity contribution in [3.63, 3.8) is 0 Å². The van der Waals surface area contributed by atoms with Crippen LogP contribution in [0.1, 0.15) is 38.6 Å². The van der Waals surface area contributed by atoms with E-state index in [9.17, 15) is 13.6 Å². The molecular weight excluding hydrogens is 430 g/mol. The molecule has 0 aliphatic heterocycles. The fraction of sp³-hybridized carbons (Fsp3) is 0.304. The molecule has 1 aromatic carbocycles.